The van der Waals surface area contributed by atoms with Crippen molar-refractivity contribution in [2.75, 3.05) is 34.8 Å². The van der Waals surface area contributed by atoms with E-state index in [1.807, 2.05) is 48.5 Å². The summed E-state index contributed by atoms with van der Waals surface area (Å²) < 4.78 is 0. The first-order valence-electron chi connectivity index (χ1n) is 12.6. The molecule has 0 atom stereocenters. The molecule has 1 aliphatic rings. The molecule has 0 spiro atoms. The fourth-order valence-corrected chi connectivity index (χ4v) is 4.52. The van der Waals surface area contributed by atoms with E-state index in [9.17, 15) is 15.0 Å². The van der Waals surface area contributed by atoms with Crippen LogP contribution in [0.5, 0.6) is 0 Å². The lowest BCUT2D eigenvalue weighted by Gasteiger charge is -2.28. The van der Waals surface area contributed by atoms with Crippen molar-refractivity contribution < 1.29 is 15.0 Å². The summed E-state index contributed by atoms with van der Waals surface area (Å²) in [6, 6.07) is 16.2. The first-order valence-corrected chi connectivity index (χ1v) is 12.6. The highest BCUT2D eigenvalue weighted by atomic mass is 16.3. The van der Waals surface area contributed by atoms with Crippen LogP contribution in [0.2, 0.25) is 0 Å². The molecule has 0 amide bonds. The van der Waals surface area contributed by atoms with E-state index in [2.05, 4.69) is 61.7 Å². The Labute approximate surface area is 214 Å². The number of carbonyl (C=O) groups is 1. The number of aliphatic hydroxyl groups excluding tert-OH is 2. The van der Waals surface area contributed by atoms with Crippen LogP contribution in [0, 0.1) is 0 Å². The standard InChI is InChI=1S/C29H38N4O3/c1-7-32(19(3)4)23-13-9-21(10-14-23)30-28-25(18-34)29(27(36)17-26(28)35)31-22-11-15-24(16-12-22)33(8-2)20(5)6/h9-17,19-20,30,34,36H,7-8,18H2,1-6H3/b31-29-. The highest BCUT2D eigenvalue weighted by Gasteiger charge is 2.27. The Morgan fingerprint density at radius 1 is 0.861 bits per heavy atom. The van der Waals surface area contributed by atoms with Gasteiger partial charge in [-0.3, -0.25) is 4.79 Å². The van der Waals surface area contributed by atoms with Crippen LogP contribution < -0.4 is 15.1 Å². The SMILES string of the molecule is CCN(c1ccc(/N=C2\C(O)=CC(=O)C(Nc3ccc(N(CC)C(C)C)cc3)=C2CO)cc1)C(C)C. The molecule has 2 aromatic carbocycles. The van der Waals surface area contributed by atoms with Gasteiger partial charge < -0.3 is 25.3 Å². The molecule has 0 radical (unpaired) electrons. The van der Waals surface area contributed by atoms with Crippen LogP contribution in [0.4, 0.5) is 22.7 Å². The molecule has 2 aromatic rings. The van der Waals surface area contributed by atoms with Gasteiger partial charge in [-0.25, -0.2) is 4.99 Å². The zero-order valence-electron chi connectivity index (χ0n) is 22.1. The first-order chi connectivity index (χ1) is 17.2. The van der Waals surface area contributed by atoms with Gasteiger partial charge in [-0.2, -0.15) is 0 Å². The maximum Gasteiger partial charge on any atom is 0.206 e. The third-order valence-corrected chi connectivity index (χ3v) is 6.32. The zero-order valence-corrected chi connectivity index (χ0v) is 22.1. The summed E-state index contributed by atoms with van der Waals surface area (Å²) in [6.45, 7) is 14.1. The van der Waals surface area contributed by atoms with Crippen molar-refractivity contribution in [1.29, 1.82) is 0 Å². The largest absolute Gasteiger partial charge is 0.506 e. The summed E-state index contributed by atoms with van der Waals surface area (Å²) in [5, 5.41) is 23.8. The third kappa shape index (κ3) is 5.97. The van der Waals surface area contributed by atoms with E-state index in [0.717, 1.165) is 30.5 Å². The lowest BCUT2D eigenvalue weighted by atomic mass is 9.97. The minimum Gasteiger partial charge on any atom is -0.506 e. The van der Waals surface area contributed by atoms with Crippen molar-refractivity contribution in [2.45, 2.75) is 53.6 Å². The Morgan fingerprint density at radius 3 is 1.81 bits per heavy atom. The summed E-state index contributed by atoms with van der Waals surface area (Å²) in [5.41, 5.74) is 4.13. The average molecular weight is 491 g/mol. The van der Waals surface area contributed by atoms with Crippen LogP contribution >= 0.6 is 0 Å². The Hall–Kier alpha value is -3.58. The Bertz CT molecular complexity index is 1150. The van der Waals surface area contributed by atoms with E-state index in [4.69, 9.17) is 0 Å². The van der Waals surface area contributed by atoms with Gasteiger partial charge in [0.1, 0.15) is 11.5 Å². The van der Waals surface area contributed by atoms with Crippen molar-refractivity contribution in [3.8, 4) is 0 Å². The monoisotopic (exact) mass is 490 g/mol. The number of allylic oxidation sites excluding steroid dienone is 2. The number of nitrogens with zero attached hydrogens (tertiary/aromatic N) is 3. The molecular formula is C29H38N4O3. The smallest absolute Gasteiger partial charge is 0.206 e. The molecule has 192 valence electrons. The topological polar surface area (TPSA) is 88.4 Å². The second-order valence-electron chi connectivity index (χ2n) is 9.31. The molecule has 0 aromatic heterocycles. The molecule has 7 nitrogen and oxygen atoms in total. The Kier molecular flexibility index (Phi) is 8.93. The molecule has 0 saturated heterocycles. The number of benzene rings is 2. The van der Waals surface area contributed by atoms with Crippen LogP contribution in [-0.2, 0) is 4.79 Å². The molecule has 7 heteroatoms. The van der Waals surface area contributed by atoms with Crippen LogP contribution in [0.15, 0.2) is 76.6 Å². The van der Waals surface area contributed by atoms with E-state index in [0.29, 0.717) is 23.5 Å². The van der Waals surface area contributed by atoms with Crippen LogP contribution in [0.25, 0.3) is 0 Å². The summed E-state index contributed by atoms with van der Waals surface area (Å²) in [7, 11) is 0. The lowest BCUT2D eigenvalue weighted by molar-refractivity contribution is -0.111. The van der Waals surface area contributed by atoms with Gasteiger partial charge in [0.15, 0.2) is 0 Å². The van der Waals surface area contributed by atoms with Gasteiger partial charge in [0, 0.05) is 53.9 Å². The van der Waals surface area contributed by atoms with Gasteiger partial charge in [-0.15, -0.1) is 0 Å². The Morgan fingerprint density at radius 2 is 1.36 bits per heavy atom. The van der Waals surface area contributed by atoms with E-state index in [1.165, 1.54) is 0 Å². The molecule has 36 heavy (non-hydrogen) atoms. The predicted molar refractivity (Wildman–Crippen MR) is 150 cm³/mol. The average Bonchev–Trinajstić information content (AvgIpc) is 2.84. The minimum atomic E-state index is -0.450. The number of hydrogen-bond donors (Lipinski definition) is 3. The lowest BCUT2D eigenvalue weighted by Crippen LogP contribution is -2.30. The summed E-state index contributed by atoms with van der Waals surface area (Å²) in [4.78, 5) is 21.9. The van der Waals surface area contributed by atoms with Gasteiger partial charge >= 0.3 is 0 Å². The van der Waals surface area contributed by atoms with Crippen molar-refractivity contribution in [3.05, 3.63) is 71.6 Å². The van der Waals surface area contributed by atoms with Gasteiger partial charge in [0.25, 0.3) is 0 Å². The zero-order chi connectivity index (χ0) is 26.4. The van der Waals surface area contributed by atoms with Crippen LogP contribution in [0.3, 0.4) is 0 Å². The molecule has 1 aliphatic carbocycles. The number of aliphatic hydroxyl groups is 2. The second-order valence-corrected chi connectivity index (χ2v) is 9.31. The van der Waals surface area contributed by atoms with Crippen LogP contribution in [-0.4, -0.2) is 53.5 Å². The quantitative estimate of drug-likeness (QED) is 0.375. The molecule has 0 fully saturated rings. The minimum absolute atomic E-state index is 0.178. The highest BCUT2D eigenvalue weighted by molar-refractivity contribution is 6.25. The van der Waals surface area contributed by atoms with Crippen molar-refractivity contribution in [1.82, 2.24) is 0 Å². The normalized spacial score (nSPS) is 15.1. The molecule has 0 saturated carbocycles. The second kappa shape index (κ2) is 11.9. The van der Waals surface area contributed by atoms with Crippen molar-refractivity contribution >= 4 is 34.2 Å². The molecule has 0 aliphatic heterocycles. The molecule has 3 N–H and O–H groups in total. The van der Waals surface area contributed by atoms with E-state index >= 15 is 0 Å². The summed E-state index contributed by atoms with van der Waals surface area (Å²) >= 11 is 0. The van der Waals surface area contributed by atoms with Gasteiger partial charge in [0.05, 0.1) is 18.0 Å². The maximum absolute atomic E-state index is 12.8. The van der Waals surface area contributed by atoms with E-state index in [-0.39, 0.29) is 22.7 Å². The fraction of sp³-hybridized carbons (Fsp3) is 0.379. The first kappa shape index (κ1) is 27.0. The van der Waals surface area contributed by atoms with Gasteiger partial charge in [-0.05, 0) is 90.1 Å². The summed E-state index contributed by atoms with van der Waals surface area (Å²) in [5.74, 6) is -0.676. The van der Waals surface area contributed by atoms with Gasteiger partial charge in [-0.1, -0.05) is 0 Å². The number of nitrogens with one attached hydrogen (secondary N) is 1. The predicted octanol–water partition coefficient (Wildman–Crippen LogP) is 5.61. The molecule has 3 rings (SSSR count). The van der Waals surface area contributed by atoms with E-state index < -0.39 is 12.4 Å². The number of aliphatic imine (C=N–C) groups is 1. The van der Waals surface area contributed by atoms with Crippen LogP contribution in [0.1, 0.15) is 41.5 Å². The van der Waals surface area contributed by atoms with Gasteiger partial charge in [0.2, 0.25) is 5.78 Å². The number of hydrogen-bond acceptors (Lipinski definition) is 7. The van der Waals surface area contributed by atoms with E-state index in [1.54, 1.807) is 0 Å². The summed E-state index contributed by atoms with van der Waals surface area (Å²) in [6.07, 6.45) is 1.14. The van der Waals surface area contributed by atoms with Crippen molar-refractivity contribution in [2.24, 2.45) is 4.99 Å². The number of carbonyl (C=O) groups excluding carboxylic acids is 1. The number of anilines is 3. The highest BCUT2D eigenvalue weighted by Crippen LogP contribution is 2.27. The Balaban J connectivity index is 1.92. The fourth-order valence-electron chi connectivity index (χ4n) is 4.52. The molecule has 0 bridgehead atoms. The third-order valence-electron chi connectivity index (χ3n) is 6.32. The number of ketones is 1. The molecular weight excluding hydrogens is 452 g/mol. The van der Waals surface area contributed by atoms with Crippen molar-refractivity contribution in [3.63, 3.8) is 0 Å². The maximum atomic E-state index is 12.8. The molecule has 0 heterocycles. The number of rotatable bonds is 10. The molecule has 0 unspecified atom stereocenters.